The average Bonchev–Trinajstić information content (AvgIpc) is 2.42. The summed E-state index contributed by atoms with van der Waals surface area (Å²) < 4.78 is 4.98. The lowest BCUT2D eigenvalue weighted by molar-refractivity contribution is -0.142. The first-order valence-electron chi connectivity index (χ1n) is 7.12. The summed E-state index contributed by atoms with van der Waals surface area (Å²) in [7, 11) is 0. The van der Waals surface area contributed by atoms with Gasteiger partial charge in [0, 0.05) is 6.61 Å². The van der Waals surface area contributed by atoms with Gasteiger partial charge in [-0.05, 0) is 24.8 Å². The molecule has 0 saturated heterocycles. The number of hydrogen-bond donors (Lipinski definition) is 1. The van der Waals surface area contributed by atoms with Crippen molar-refractivity contribution in [3.63, 3.8) is 0 Å². The Morgan fingerprint density at radius 3 is 2.26 bits per heavy atom. The molecule has 0 aliphatic heterocycles. The zero-order valence-corrected chi connectivity index (χ0v) is 11.5. The molecule has 1 rings (SSSR count). The third-order valence-electron chi connectivity index (χ3n) is 3.07. The highest BCUT2D eigenvalue weighted by Gasteiger charge is 1.96. The molecule has 1 N–H and O–H groups in total. The summed E-state index contributed by atoms with van der Waals surface area (Å²) in [6.07, 6.45) is 8.25. The molecule has 0 amide bonds. The highest BCUT2D eigenvalue weighted by atomic mass is 16.5. The second-order valence-electron chi connectivity index (χ2n) is 4.80. The van der Waals surface area contributed by atoms with Crippen molar-refractivity contribution in [1.29, 1.82) is 0 Å². The Bertz CT molecular complexity index is 335. The number of benzene rings is 1. The van der Waals surface area contributed by atoms with E-state index in [-0.39, 0.29) is 6.61 Å². The molecular weight excluding hydrogens is 240 g/mol. The zero-order valence-electron chi connectivity index (χ0n) is 11.5. The van der Waals surface area contributed by atoms with Crippen molar-refractivity contribution in [3.05, 3.63) is 35.9 Å². The topological polar surface area (TPSA) is 46.5 Å². The van der Waals surface area contributed by atoms with Gasteiger partial charge in [0.25, 0.3) is 0 Å². The summed E-state index contributed by atoms with van der Waals surface area (Å²) in [5.41, 5.74) is 1.42. The molecule has 0 aromatic heterocycles. The molecule has 0 aliphatic rings. The first kappa shape index (κ1) is 15.7. The summed E-state index contributed by atoms with van der Waals surface area (Å²) in [6, 6.07) is 10.6. The molecule has 0 spiro atoms. The predicted molar refractivity (Wildman–Crippen MR) is 76.3 cm³/mol. The van der Waals surface area contributed by atoms with E-state index in [9.17, 15) is 4.79 Å². The van der Waals surface area contributed by atoms with Gasteiger partial charge in [0.05, 0.1) is 0 Å². The number of aryl methyl sites for hydroxylation is 1. The van der Waals surface area contributed by atoms with Gasteiger partial charge in [-0.25, -0.2) is 4.79 Å². The molecule has 0 radical (unpaired) electrons. The van der Waals surface area contributed by atoms with Crippen LogP contribution in [0, 0.1) is 0 Å². The van der Waals surface area contributed by atoms with Crippen LogP contribution in [-0.4, -0.2) is 24.3 Å². The number of ether oxygens (including phenoxy) is 1. The van der Waals surface area contributed by atoms with Gasteiger partial charge in [-0.15, -0.1) is 0 Å². The molecule has 0 unspecified atom stereocenters. The van der Waals surface area contributed by atoms with E-state index in [2.05, 4.69) is 30.3 Å². The van der Waals surface area contributed by atoms with E-state index in [1.54, 1.807) is 0 Å². The smallest absolute Gasteiger partial charge is 0.329 e. The number of hydrogen-bond acceptors (Lipinski definition) is 2. The van der Waals surface area contributed by atoms with Crippen molar-refractivity contribution < 1.29 is 14.6 Å². The first-order valence-corrected chi connectivity index (χ1v) is 7.12. The Balaban J connectivity index is 1.83. The SMILES string of the molecule is O=C(O)COCCCCCCCCc1ccccc1. The maximum absolute atomic E-state index is 10.2. The number of carbonyl (C=O) groups is 1. The van der Waals surface area contributed by atoms with E-state index >= 15 is 0 Å². The molecule has 3 heteroatoms. The normalized spacial score (nSPS) is 10.5. The molecule has 0 atom stereocenters. The van der Waals surface area contributed by atoms with Crippen molar-refractivity contribution in [3.8, 4) is 0 Å². The van der Waals surface area contributed by atoms with Crippen LogP contribution in [-0.2, 0) is 16.0 Å². The summed E-state index contributed by atoms with van der Waals surface area (Å²) >= 11 is 0. The molecule has 106 valence electrons. The van der Waals surface area contributed by atoms with E-state index < -0.39 is 5.97 Å². The first-order chi connectivity index (χ1) is 9.29. The Labute approximate surface area is 115 Å². The number of aliphatic carboxylic acids is 1. The second-order valence-corrected chi connectivity index (χ2v) is 4.80. The van der Waals surface area contributed by atoms with Gasteiger partial charge in [0.2, 0.25) is 0 Å². The lowest BCUT2D eigenvalue weighted by Gasteiger charge is -2.03. The van der Waals surface area contributed by atoms with E-state index in [1.165, 1.54) is 37.7 Å². The van der Waals surface area contributed by atoms with Gasteiger partial charge >= 0.3 is 5.97 Å². The Morgan fingerprint density at radius 2 is 1.58 bits per heavy atom. The molecule has 0 aliphatic carbocycles. The van der Waals surface area contributed by atoms with Crippen LogP contribution in [0.5, 0.6) is 0 Å². The Hall–Kier alpha value is -1.35. The molecule has 0 bridgehead atoms. The van der Waals surface area contributed by atoms with E-state index in [1.807, 2.05) is 0 Å². The van der Waals surface area contributed by atoms with Gasteiger partial charge in [0.15, 0.2) is 0 Å². The van der Waals surface area contributed by atoms with Crippen molar-refractivity contribution in [1.82, 2.24) is 0 Å². The number of unbranched alkanes of at least 4 members (excludes halogenated alkanes) is 5. The zero-order chi connectivity index (χ0) is 13.8. The van der Waals surface area contributed by atoms with Crippen molar-refractivity contribution in [2.75, 3.05) is 13.2 Å². The minimum atomic E-state index is -0.888. The maximum atomic E-state index is 10.2. The highest BCUT2D eigenvalue weighted by molar-refractivity contribution is 5.67. The standard InChI is InChI=1S/C16H24O3/c17-16(18)14-19-13-9-4-2-1-3-6-10-15-11-7-5-8-12-15/h5,7-8,11-12H,1-4,6,9-10,13-14H2,(H,17,18). The predicted octanol–water partition coefficient (Wildman–Crippen LogP) is 3.67. The van der Waals surface area contributed by atoms with Crippen molar-refractivity contribution >= 4 is 5.97 Å². The second kappa shape index (κ2) is 10.6. The summed E-state index contributed by atoms with van der Waals surface area (Å²) in [4.78, 5) is 10.2. The third-order valence-corrected chi connectivity index (χ3v) is 3.07. The lowest BCUT2D eigenvalue weighted by atomic mass is 10.1. The van der Waals surface area contributed by atoms with E-state index in [0.717, 1.165) is 12.8 Å². The van der Waals surface area contributed by atoms with Gasteiger partial charge in [-0.1, -0.05) is 56.0 Å². The fourth-order valence-electron chi connectivity index (χ4n) is 2.04. The van der Waals surface area contributed by atoms with Crippen LogP contribution >= 0.6 is 0 Å². The summed E-state index contributed by atoms with van der Waals surface area (Å²) in [5, 5.41) is 8.38. The van der Waals surface area contributed by atoms with Crippen LogP contribution in [0.15, 0.2) is 30.3 Å². The maximum Gasteiger partial charge on any atom is 0.329 e. The largest absolute Gasteiger partial charge is 0.480 e. The fraction of sp³-hybridized carbons (Fsp3) is 0.562. The van der Waals surface area contributed by atoms with Crippen LogP contribution in [0.25, 0.3) is 0 Å². The molecule has 0 heterocycles. The molecular formula is C16H24O3. The van der Waals surface area contributed by atoms with Gasteiger partial charge < -0.3 is 9.84 Å². The fourth-order valence-corrected chi connectivity index (χ4v) is 2.04. The average molecular weight is 264 g/mol. The summed E-state index contributed by atoms with van der Waals surface area (Å²) in [5.74, 6) is -0.888. The Kier molecular flexibility index (Phi) is 8.73. The third kappa shape index (κ3) is 9.25. The quantitative estimate of drug-likeness (QED) is 0.620. The van der Waals surface area contributed by atoms with E-state index in [0.29, 0.717) is 6.61 Å². The molecule has 0 saturated carbocycles. The van der Waals surface area contributed by atoms with Gasteiger partial charge in [0.1, 0.15) is 6.61 Å². The van der Waals surface area contributed by atoms with Crippen LogP contribution in [0.2, 0.25) is 0 Å². The lowest BCUT2D eigenvalue weighted by Crippen LogP contribution is -2.07. The molecule has 3 nitrogen and oxygen atoms in total. The minimum absolute atomic E-state index is 0.170. The van der Waals surface area contributed by atoms with Crippen LogP contribution < -0.4 is 0 Å². The van der Waals surface area contributed by atoms with Crippen molar-refractivity contribution in [2.45, 2.75) is 44.9 Å². The summed E-state index contributed by atoms with van der Waals surface area (Å²) in [6.45, 7) is 0.396. The minimum Gasteiger partial charge on any atom is -0.480 e. The van der Waals surface area contributed by atoms with Crippen LogP contribution in [0.3, 0.4) is 0 Å². The number of rotatable bonds is 11. The monoisotopic (exact) mass is 264 g/mol. The molecule has 1 aromatic carbocycles. The van der Waals surface area contributed by atoms with Crippen LogP contribution in [0.1, 0.15) is 44.1 Å². The molecule has 0 fully saturated rings. The van der Waals surface area contributed by atoms with Crippen LogP contribution in [0.4, 0.5) is 0 Å². The Morgan fingerprint density at radius 1 is 0.947 bits per heavy atom. The van der Waals surface area contributed by atoms with E-state index in [4.69, 9.17) is 9.84 Å². The molecule has 19 heavy (non-hydrogen) atoms. The molecule has 1 aromatic rings. The number of carboxylic acids is 1. The van der Waals surface area contributed by atoms with Crippen molar-refractivity contribution in [2.24, 2.45) is 0 Å². The highest BCUT2D eigenvalue weighted by Crippen LogP contribution is 2.09. The van der Waals surface area contributed by atoms with Gasteiger partial charge in [-0.3, -0.25) is 0 Å². The number of carboxylic acid groups (broad SMARTS) is 1. The van der Waals surface area contributed by atoms with Gasteiger partial charge in [-0.2, -0.15) is 0 Å².